The average molecular weight is 361 g/mol. The van der Waals surface area contributed by atoms with Gasteiger partial charge in [-0.1, -0.05) is 52.5 Å². The molecule has 0 aromatic heterocycles. The van der Waals surface area contributed by atoms with Crippen LogP contribution < -0.4 is 5.32 Å². The largest absolute Gasteiger partial charge is 0.321 e. The van der Waals surface area contributed by atoms with Crippen molar-refractivity contribution in [2.45, 2.75) is 0 Å². The molecule has 21 heavy (non-hydrogen) atoms. The first kappa shape index (κ1) is 16.2. The van der Waals surface area contributed by atoms with Gasteiger partial charge in [-0.3, -0.25) is 4.79 Å². The summed E-state index contributed by atoms with van der Waals surface area (Å²) in [5, 5.41) is 4.44. The van der Waals surface area contributed by atoms with Gasteiger partial charge in [0.1, 0.15) is 0 Å². The van der Waals surface area contributed by atoms with Crippen LogP contribution in [0, 0.1) is 0 Å². The first-order chi connectivity index (χ1) is 9.95. The topological polar surface area (TPSA) is 29.1 Å². The van der Waals surface area contributed by atoms with E-state index in [4.69, 9.17) is 46.4 Å². The molecule has 0 heterocycles. The van der Waals surface area contributed by atoms with Gasteiger partial charge in [0.25, 0.3) is 0 Å². The smallest absolute Gasteiger partial charge is 0.248 e. The summed E-state index contributed by atoms with van der Waals surface area (Å²) in [6.45, 7) is 0. The maximum atomic E-state index is 11.8. The van der Waals surface area contributed by atoms with Gasteiger partial charge in [-0.2, -0.15) is 0 Å². The van der Waals surface area contributed by atoms with E-state index in [2.05, 4.69) is 5.32 Å². The fourth-order valence-electron chi connectivity index (χ4n) is 1.56. The standard InChI is InChI=1S/C15H9Cl4NO/c16-10-3-5-12(18)14(8-10)20-15(21)6-2-9-1-4-11(17)13(19)7-9/h1-8H,(H,20,21)/b6-2+. The molecule has 0 fully saturated rings. The van der Waals surface area contributed by atoms with Gasteiger partial charge in [0.2, 0.25) is 5.91 Å². The summed E-state index contributed by atoms with van der Waals surface area (Å²) < 4.78 is 0. The van der Waals surface area contributed by atoms with Crippen LogP contribution >= 0.6 is 46.4 Å². The van der Waals surface area contributed by atoms with Gasteiger partial charge in [-0.05, 0) is 42.0 Å². The second kappa shape index (κ2) is 7.19. The molecule has 0 saturated carbocycles. The van der Waals surface area contributed by atoms with Crippen molar-refractivity contribution < 1.29 is 4.79 Å². The van der Waals surface area contributed by atoms with Crippen molar-refractivity contribution in [3.63, 3.8) is 0 Å². The minimum atomic E-state index is -0.328. The van der Waals surface area contributed by atoms with Gasteiger partial charge >= 0.3 is 0 Å². The molecule has 2 aromatic carbocycles. The van der Waals surface area contributed by atoms with Crippen molar-refractivity contribution in [1.82, 2.24) is 0 Å². The summed E-state index contributed by atoms with van der Waals surface area (Å²) in [7, 11) is 0. The Kier molecular flexibility index (Phi) is 5.54. The SMILES string of the molecule is O=C(/C=C/c1ccc(Cl)c(Cl)c1)Nc1cc(Cl)ccc1Cl. The lowest BCUT2D eigenvalue weighted by molar-refractivity contribution is -0.111. The van der Waals surface area contributed by atoms with E-state index in [9.17, 15) is 4.79 Å². The Bertz CT molecular complexity index is 713. The molecule has 0 aliphatic heterocycles. The first-order valence-corrected chi connectivity index (χ1v) is 7.36. The number of nitrogens with one attached hydrogen (secondary N) is 1. The van der Waals surface area contributed by atoms with E-state index in [0.29, 0.717) is 25.8 Å². The highest BCUT2D eigenvalue weighted by atomic mass is 35.5. The maximum absolute atomic E-state index is 11.8. The molecule has 0 radical (unpaired) electrons. The Hall–Kier alpha value is -1.19. The van der Waals surface area contributed by atoms with Gasteiger partial charge in [-0.25, -0.2) is 0 Å². The van der Waals surface area contributed by atoms with Crippen LogP contribution in [0.2, 0.25) is 20.1 Å². The van der Waals surface area contributed by atoms with Crippen LogP contribution in [0.1, 0.15) is 5.56 Å². The molecule has 2 nitrogen and oxygen atoms in total. The van der Waals surface area contributed by atoms with E-state index >= 15 is 0 Å². The number of benzene rings is 2. The van der Waals surface area contributed by atoms with E-state index in [-0.39, 0.29) is 5.91 Å². The molecular weight excluding hydrogens is 352 g/mol. The van der Waals surface area contributed by atoms with Crippen molar-refractivity contribution in [2.75, 3.05) is 5.32 Å². The van der Waals surface area contributed by atoms with Crippen LogP contribution in [0.15, 0.2) is 42.5 Å². The van der Waals surface area contributed by atoms with Gasteiger partial charge in [0.15, 0.2) is 0 Å². The number of hydrogen-bond acceptors (Lipinski definition) is 1. The van der Waals surface area contributed by atoms with E-state index in [0.717, 1.165) is 5.56 Å². The van der Waals surface area contributed by atoms with Crippen LogP contribution in [-0.2, 0) is 4.79 Å². The highest BCUT2D eigenvalue weighted by Gasteiger charge is 2.04. The summed E-state index contributed by atoms with van der Waals surface area (Å²) in [4.78, 5) is 11.8. The number of halogens is 4. The Balaban J connectivity index is 2.09. The highest BCUT2D eigenvalue weighted by Crippen LogP contribution is 2.26. The van der Waals surface area contributed by atoms with Crippen LogP contribution in [-0.4, -0.2) is 5.91 Å². The van der Waals surface area contributed by atoms with Gasteiger partial charge < -0.3 is 5.32 Å². The third-order valence-corrected chi connectivity index (χ3v) is 3.86. The predicted molar refractivity (Wildman–Crippen MR) is 90.6 cm³/mol. The van der Waals surface area contributed by atoms with E-state index < -0.39 is 0 Å². The molecular formula is C15H9Cl4NO. The van der Waals surface area contributed by atoms with E-state index in [1.54, 1.807) is 42.5 Å². The molecule has 0 saturated heterocycles. The molecule has 0 bridgehead atoms. The normalized spacial score (nSPS) is 10.9. The van der Waals surface area contributed by atoms with Crippen LogP contribution in [0.25, 0.3) is 6.08 Å². The number of hydrogen-bond donors (Lipinski definition) is 1. The summed E-state index contributed by atoms with van der Waals surface area (Å²) in [6, 6.07) is 9.92. The van der Waals surface area contributed by atoms with Crippen molar-refractivity contribution in [3.8, 4) is 0 Å². The lowest BCUT2D eigenvalue weighted by Gasteiger charge is -2.05. The lowest BCUT2D eigenvalue weighted by Crippen LogP contribution is -2.08. The molecule has 1 amide bonds. The minimum Gasteiger partial charge on any atom is -0.321 e. The predicted octanol–water partition coefficient (Wildman–Crippen LogP) is 5.95. The van der Waals surface area contributed by atoms with Crippen molar-refractivity contribution in [2.24, 2.45) is 0 Å². The highest BCUT2D eigenvalue weighted by molar-refractivity contribution is 6.42. The summed E-state index contributed by atoms with van der Waals surface area (Å²) >= 11 is 23.5. The number of rotatable bonds is 3. The van der Waals surface area contributed by atoms with Crippen LogP contribution in [0.4, 0.5) is 5.69 Å². The zero-order valence-corrected chi connectivity index (χ0v) is 13.6. The van der Waals surface area contributed by atoms with Crippen LogP contribution in [0.5, 0.6) is 0 Å². The minimum absolute atomic E-state index is 0.328. The number of amides is 1. The van der Waals surface area contributed by atoms with Crippen molar-refractivity contribution in [3.05, 3.63) is 68.1 Å². The average Bonchev–Trinajstić information content (AvgIpc) is 2.44. The molecule has 0 aliphatic rings. The monoisotopic (exact) mass is 359 g/mol. The Morgan fingerprint density at radius 1 is 0.905 bits per heavy atom. The molecule has 0 aliphatic carbocycles. The molecule has 6 heteroatoms. The third-order valence-electron chi connectivity index (χ3n) is 2.56. The maximum Gasteiger partial charge on any atom is 0.248 e. The fraction of sp³-hybridized carbons (Fsp3) is 0. The molecule has 1 N–H and O–H groups in total. The first-order valence-electron chi connectivity index (χ1n) is 5.85. The molecule has 108 valence electrons. The zero-order valence-electron chi connectivity index (χ0n) is 10.5. The Labute approximate surface area is 142 Å². The lowest BCUT2D eigenvalue weighted by atomic mass is 10.2. The molecule has 0 spiro atoms. The van der Waals surface area contributed by atoms with Crippen molar-refractivity contribution in [1.29, 1.82) is 0 Å². The quantitative estimate of drug-likeness (QED) is 0.673. The van der Waals surface area contributed by atoms with E-state index in [1.807, 2.05) is 0 Å². The molecule has 0 atom stereocenters. The second-order valence-corrected chi connectivity index (χ2v) is 5.78. The van der Waals surface area contributed by atoms with Gasteiger partial charge in [-0.15, -0.1) is 0 Å². The van der Waals surface area contributed by atoms with Crippen LogP contribution in [0.3, 0.4) is 0 Å². The summed E-state index contributed by atoms with van der Waals surface area (Å²) in [5.74, 6) is -0.328. The third kappa shape index (κ3) is 4.65. The Morgan fingerprint density at radius 2 is 1.62 bits per heavy atom. The van der Waals surface area contributed by atoms with E-state index in [1.165, 1.54) is 6.08 Å². The number of carbonyl (C=O) groups excluding carboxylic acids is 1. The van der Waals surface area contributed by atoms with Gasteiger partial charge in [0.05, 0.1) is 20.8 Å². The van der Waals surface area contributed by atoms with Crippen molar-refractivity contribution >= 4 is 64.1 Å². The summed E-state index contributed by atoms with van der Waals surface area (Å²) in [6.07, 6.45) is 2.99. The number of carbonyl (C=O) groups is 1. The molecule has 2 rings (SSSR count). The molecule has 0 unspecified atom stereocenters. The summed E-state index contributed by atoms with van der Waals surface area (Å²) in [5.41, 5.74) is 1.21. The number of anilines is 1. The second-order valence-electron chi connectivity index (χ2n) is 4.12. The Morgan fingerprint density at radius 3 is 2.33 bits per heavy atom. The molecule has 2 aromatic rings. The fourth-order valence-corrected chi connectivity index (χ4v) is 2.20. The van der Waals surface area contributed by atoms with Gasteiger partial charge in [0, 0.05) is 11.1 Å². The zero-order chi connectivity index (χ0) is 15.4.